The van der Waals surface area contributed by atoms with Crippen LogP contribution in [0.5, 0.6) is 0 Å². The average molecular weight is 509 g/mol. The molecule has 0 radical (unpaired) electrons. The molecule has 1 aliphatic heterocycles. The normalized spacial score (nSPS) is 18.3. The van der Waals surface area contributed by atoms with Crippen molar-refractivity contribution in [2.75, 3.05) is 0 Å². The Morgan fingerprint density at radius 2 is 1.63 bits per heavy atom. The van der Waals surface area contributed by atoms with Crippen molar-refractivity contribution in [3.8, 4) is 28.2 Å². The van der Waals surface area contributed by atoms with Crippen LogP contribution >= 0.6 is 0 Å². The van der Waals surface area contributed by atoms with Gasteiger partial charge in [-0.1, -0.05) is 50.3 Å². The van der Waals surface area contributed by atoms with Crippen molar-refractivity contribution in [3.63, 3.8) is 0 Å². The Bertz CT molecular complexity index is 1570. The molecule has 0 saturated carbocycles. The maximum Gasteiger partial charge on any atom is 0.170 e. The number of nitrogens with one attached hydrogen (secondary N) is 1. The molecule has 0 bridgehead atoms. The molecule has 3 heterocycles. The number of benzene rings is 2. The van der Waals surface area contributed by atoms with E-state index in [1.165, 1.54) is 24.3 Å². The number of hydrogen-bond acceptors (Lipinski definition) is 4. The minimum Gasteiger partial charge on any atom is -0.376 e. The predicted octanol–water partition coefficient (Wildman–Crippen LogP) is 6.72. The highest BCUT2D eigenvalue weighted by Crippen LogP contribution is 2.38. The first-order valence-electron chi connectivity index (χ1n) is 12.6. The number of dihydropyridines is 1. The van der Waals surface area contributed by atoms with Crippen LogP contribution in [0.3, 0.4) is 0 Å². The maximum absolute atomic E-state index is 14.0. The van der Waals surface area contributed by atoms with Crippen LogP contribution in [0.4, 0.5) is 8.78 Å². The van der Waals surface area contributed by atoms with Crippen LogP contribution in [0.25, 0.3) is 28.2 Å². The Hall–Kier alpha value is -4.39. The number of pyridine rings is 1. The number of nitrogens with zero attached hydrogens (tertiary/aromatic N) is 3. The fourth-order valence-corrected chi connectivity index (χ4v) is 5.01. The number of hydrogen-bond donors (Lipinski definition) is 1. The third-order valence-corrected chi connectivity index (χ3v) is 7.24. The molecule has 2 aromatic carbocycles. The molecule has 0 spiro atoms. The number of allylic oxidation sites excluding steroid dienone is 3. The van der Waals surface area contributed by atoms with E-state index < -0.39 is 0 Å². The second-order valence-electron chi connectivity index (χ2n) is 10.4. The molecule has 1 N–H and O–H groups in total. The van der Waals surface area contributed by atoms with E-state index in [4.69, 9.17) is 4.98 Å². The van der Waals surface area contributed by atoms with Crippen LogP contribution in [0, 0.1) is 17.0 Å². The second-order valence-corrected chi connectivity index (χ2v) is 10.4. The van der Waals surface area contributed by atoms with Crippen molar-refractivity contribution in [1.29, 1.82) is 0 Å². The Morgan fingerprint density at radius 1 is 0.974 bits per heavy atom. The summed E-state index contributed by atoms with van der Waals surface area (Å²) < 4.78 is 29.9. The van der Waals surface area contributed by atoms with E-state index in [1.54, 1.807) is 30.6 Å². The fourth-order valence-electron chi connectivity index (χ4n) is 5.01. The summed E-state index contributed by atoms with van der Waals surface area (Å²) in [6.45, 7) is 3.98. The molecule has 0 fully saturated rings. The van der Waals surface area contributed by atoms with Crippen molar-refractivity contribution in [2.24, 2.45) is 5.41 Å². The van der Waals surface area contributed by atoms with Gasteiger partial charge in [0, 0.05) is 34.0 Å². The van der Waals surface area contributed by atoms with Crippen molar-refractivity contribution in [3.05, 3.63) is 114 Å². The van der Waals surface area contributed by atoms with Gasteiger partial charge in [0.15, 0.2) is 5.78 Å². The van der Waals surface area contributed by atoms with Gasteiger partial charge >= 0.3 is 0 Å². The molecule has 5 nitrogen and oxygen atoms in total. The van der Waals surface area contributed by atoms with Gasteiger partial charge in [-0.15, -0.1) is 0 Å². The van der Waals surface area contributed by atoms with Gasteiger partial charge < -0.3 is 9.88 Å². The summed E-state index contributed by atoms with van der Waals surface area (Å²) in [6.07, 6.45) is 9.12. The molecule has 4 aromatic rings. The van der Waals surface area contributed by atoms with E-state index in [9.17, 15) is 13.6 Å². The van der Waals surface area contributed by atoms with Crippen LogP contribution in [0.15, 0.2) is 96.6 Å². The van der Waals surface area contributed by atoms with Gasteiger partial charge in [0.05, 0.1) is 35.1 Å². The molecule has 38 heavy (non-hydrogen) atoms. The number of rotatable bonds is 4. The number of imidazole rings is 1. The SMILES string of the molecule is CC1(C)CCC2=C(C=CC(c3cn(-c4cc(-c5cccc(F)c5)nc(-c5cccc(F)c5)c4)cn3)N2)C1=O. The summed E-state index contributed by atoms with van der Waals surface area (Å²) >= 11 is 0. The Labute approximate surface area is 219 Å². The highest BCUT2D eigenvalue weighted by molar-refractivity contribution is 6.03. The zero-order valence-electron chi connectivity index (χ0n) is 21.1. The summed E-state index contributed by atoms with van der Waals surface area (Å²) in [6, 6.07) is 16.0. The number of carbonyl (C=O) groups excluding carboxylic acids is 1. The maximum atomic E-state index is 14.0. The van der Waals surface area contributed by atoms with Gasteiger partial charge in [0.1, 0.15) is 11.6 Å². The van der Waals surface area contributed by atoms with Crippen LogP contribution < -0.4 is 5.32 Å². The standard InChI is InChI=1S/C31H26F2N4O/c1-31(2)12-11-25-24(30(31)38)9-10-26(35-25)29-17-37(18-34-29)23-15-27(19-5-3-7-21(32)13-19)36-28(16-23)20-6-4-8-22(33)14-20/h3-10,13-18,26,35H,11-12H2,1-2H3. The van der Waals surface area contributed by atoms with Gasteiger partial charge in [-0.2, -0.15) is 0 Å². The molecule has 7 heteroatoms. The lowest BCUT2D eigenvalue weighted by Gasteiger charge is -2.34. The van der Waals surface area contributed by atoms with Crippen molar-refractivity contribution >= 4 is 5.78 Å². The molecule has 2 aromatic heterocycles. The molecular weight excluding hydrogens is 482 g/mol. The molecule has 0 amide bonds. The quantitative estimate of drug-likeness (QED) is 0.332. The Kier molecular flexibility index (Phi) is 5.79. The highest BCUT2D eigenvalue weighted by atomic mass is 19.1. The number of halogens is 2. The molecule has 2 aliphatic rings. The number of carbonyl (C=O) groups is 1. The smallest absolute Gasteiger partial charge is 0.170 e. The summed E-state index contributed by atoms with van der Waals surface area (Å²) in [5.41, 5.74) is 5.27. The van der Waals surface area contributed by atoms with Crippen molar-refractivity contribution < 1.29 is 13.6 Å². The van der Waals surface area contributed by atoms with Crippen LogP contribution in [0.2, 0.25) is 0 Å². The predicted molar refractivity (Wildman–Crippen MR) is 142 cm³/mol. The molecule has 190 valence electrons. The summed E-state index contributed by atoms with van der Waals surface area (Å²) in [5, 5.41) is 3.49. The van der Waals surface area contributed by atoms with E-state index in [-0.39, 0.29) is 28.9 Å². The first kappa shape index (κ1) is 24.0. The minimum absolute atomic E-state index is 0.165. The highest BCUT2D eigenvalue weighted by Gasteiger charge is 2.36. The first-order chi connectivity index (χ1) is 18.3. The Morgan fingerprint density at radius 3 is 2.26 bits per heavy atom. The lowest BCUT2D eigenvalue weighted by molar-refractivity contribution is -0.124. The Balaban J connectivity index is 1.36. The van der Waals surface area contributed by atoms with Gasteiger partial charge in [-0.25, -0.2) is 18.7 Å². The fraction of sp³-hybridized carbons (Fsp3) is 0.194. The number of ketones is 1. The van der Waals surface area contributed by atoms with E-state index >= 15 is 0 Å². The molecule has 1 atom stereocenters. The lowest BCUT2D eigenvalue weighted by Crippen LogP contribution is -2.36. The van der Waals surface area contributed by atoms with Gasteiger partial charge in [-0.3, -0.25) is 4.79 Å². The van der Waals surface area contributed by atoms with Gasteiger partial charge in [-0.05, 0) is 49.2 Å². The minimum atomic E-state index is -0.361. The summed E-state index contributed by atoms with van der Waals surface area (Å²) in [4.78, 5) is 22.2. The number of Topliss-reactive ketones (excluding diaryl/α,β-unsaturated/α-hetero) is 1. The van der Waals surface area contributed by atoms with E-state index in [2.05, 4.69) is 10.3 Å². The summed E-state index contributed by atoms with van der Waals surface area (Å²) in [5.74, 6) is -0.557. The molecular formula is C31H26F2N4O. The number of aromatic nitrogens is 3. The molecule has 0 saturated heterocycles. The monoisotopic (exact) mass is 508 g/mol. The molecule has 1 aliphatic carbocycles. The van der Waals surface area contributed by atoms with E-state index in [0.717, 1.165) is 35.5 Å². The summed E-state index contributed by atoms with van der Waals surface area (Å²) in [7, 11) is 0. The average Bonchev–Trinajstić information content (AvgIpc) is 3.41. The zero-order chi connectivity index (χ0) is 26.4. The van der Waals surface area contributed by atoms with E-state index in [1.807, 2.05) is 48.9 Å². The van der Waals surface area contributed by atoms with Crippen molar-refractivity contribution in [1.82, 2.24) is 19.9 Å². The lowest BCUT2D eigenvalue weighted by atomic mass is 9.74. The first-order valence-corrected chi connectivity index (χ1v) is 12.6. The molecule has 6 rings (SSSR count). The van der Waals surface area contributed by atoms with Gasteiger partial charge in [0.25, 0.3) is 0 Å². The van der Waals surface area contributed by atoms with Crippen LogP contribution in [0.1, 0.15) is 38.4 Å². The topological polar surface area (TPSA) is 59.8 Å². The largest absolute Gasteiger partial charge is 0.376 e. The van der Waals surface area contributed by atoms with Crippen molar-refractivity contribution in [2.45, 2.75) is 32.7 Å². The van der Waals surface area contributed by atoms with Gasteiger partial charge in [0.2, 0.25) is 0 Å². The van der Waals surface area contributed by atoms with E-state index in [0.29, 0.717) is 22.5 Å². The zero-order valence-corrected chi connectivity index (χ0v) is 21.1. The third kappa shape index (κ3) is 4.45. The third-order valence-electron chi connectivity index (χ3n) is 7.24. The molecule has 1 unspecified atom stereocenters. The second kappa shape index (κ2) is 9.17. The van der Waals surface area contributed by atoms with Crippen LogP contribution in [-0.2, 0) is 4.79 Å². The van der Waals surface area contributed by atoms with Crippen LogP contribution in [-0.4, -0.2) is 20.3 Å².